The third kappa shape index (κ3) is 5.27. The molecule has 1 amide bonds. The minimum absolute atomic E-state index is 0.110. The van der Waals surface area contributed by atoms with Crippen molar-refractivity contribution in [3.8, 4) is 0 Å². The van der Waals surface area contributed by atoms with Crippen molar-refractivity contribution in [2.75, 3.05) is 32.7 Å². The Kier molecular flexibility index (Phi) is 6.68. The van der Waals surface area contributed by atoms with E-state index in [9.17, 15) is 4.79 Å². The van der Waals surface area contributed by atoms with Crippen LogP contribution in [0.4, 0.5) is 0 Å². The second-order valence-corrected chi connectivity index (χ2v) is 9.12. The Hall–Kier alpha value is -1.69. The van der Waals surface area contributed by atoms with Crippen LogP contribution in [-0.4, -0.2) is 48.4 Å². The van der Waals surface area contributed by atoms with Crippen molar-refractivity contribution >= 4 is 21.8 Å². The fourth-order valence-electron chi connectivity index (χ4n) is 4.29. The summed E-state index contributed by atoms with van der Waals surface area (Å²) in [6.45, 7) is 9.48. The van der Waals surface area contributed by atoms with Crippen LogP contribution in [0.2, 0.25) is 0 Å². The van der Waals surface area contributed by atoms with Gasteiger partial charge in [0.25, 0.3) is 0 Å². The van der Waals surface area contributed by atoms with Crippen molar-refractivity contribution in [2.45, 2.75) is 32.4 Å². The number of carbonyl (C=O) groups is 1. The maximum atomic E-state index is 12.7. The molecule has 0 bridgehead atoms. The lowest BCUT2D eigenvalue weighted by molar-refractivity contribution is -0.122. The Morgan fingerprint density at radius 1 is 1.03 bits per heavy atom. The van der Waals surface area contributed by atoms with Crippen LogP contribution in [0.25, 0.3) is 0 Å². The van der Waals surface area contributed by atoms with Crippen molar-refractivity contribution in [1.29, 1.82) is 0 Å². The molecule has 1 saturated carbocycles. The molecule has 154 valence electrons. The predicted octanol–water partition coefficient (Wildman–Crippen LogP) is 4.01. The highest BCUT2D eigenvalue weighted by atomic mass is 79.9. The molecule has 2 aromatic rings. The number of benzene rings is 2. The summed E-state index contributed by atoms with van der Waals surface area (Å²) < 4.78 is 1.08. The minimum Gasteiger partial charge on any atom is -0.352 e. The average molecular weight is 456 g/mol. The predicted molar refractivity (Wildman–Crippen MR) is 121 cm³/mol. The smallest absolute Gasteiger partial charge is 0.224 e. The zero-order valence-electron chi connectivity index (χ0n) is 17.1. The Morgan fingerprint density at radius 2 is 1.76 bits per heavy atom. The van der Waals surface area contributed by atoms with E-state index in [0.717, 1.165) is 50.2 Å². The van der Waals surface area contributed by atoms with Crippen LogP contribution < -0.4 is 5.32 Å². The van der Waals surface area contributed by atoms with Crippen LogP contribution in [0.15, 0.2) is 53.0 Å². The van der Waals surface area contributed by atoms with Gasteiger partial charge in [-0.15, -0.1) is 0 Å². The number of halogens is 1. The van der Waals surface area contributed by atoms with Crippen LogP contribution in [-0.2, 0) is 17.9 Å². The first-order valence-corrected chi connectivity index (χ1v) is 11.5. The molecule has 0 aromatic heterocycles. The number of hydrogen-bond acceptors (Lipinski definition) is 3. The van der Waals surface area contributed by atoms with E-state index in [1.807, 2.05) is 12.1 Å². The topological polar surface area (TPSA) is 35.6 Å². The Bertz CT molecular complexity index is 848. The highest BCUT2D eigenvalue weighted by molar-refractivity contribution is 9.10. The monoisotopic (exact) mass is 455 g/mol. The zero-order valence-corrected chi connectivity index (χ0v) is 18.7. The summed E-state index contributed by atoms with van der Waals surface area (Å²) in [5, 5.41) is 3.19. The maximum Gasteiger partial charge on any atom is 0.224 e. The van der Waals surface area contributed by atoms with E-state index < -0.39 is 0 Å². The number of hydrogen-bond donors (Lipinski definition) is 1. The largest absolute Gasteiger partial charge is 0.352 e. The van der Waals surface area contributed by atoms with E-state index in [2.05, 4.69) is 74.4 Å². The van der Waals surface area contributed by atoms with Gasteiger partial charge in [0.2, 0.25) is 5.91 Å². The first-order valence-electron chi connectivity index (χ1n) is 10.7. The average Bonchev–Trinajstić information content (AvgIpc) is 3.55. The van der Waals surface area contributed by atoms with E-state index in [1.165, 1.54) is 16.7 Å². The van der Waals surface area contributed by atoms with Crippen LogP contribution >= 0.6 is 15.9 Å². The summed E-state index contributed by atoms with van der Waals surface area (Å²) in [5.41, 5.74) is 3.82. The molecule has 2 atom stereocenters. The number of rotatable bonds is 7. The molecular formula is C24H30BrN3O. The fourth-order valence-corrected chi connectivity index (χ4v) is 4.71. The molecule has 4 nitrogen and oxygen atoms in total. The van der Waals surface area contributed by atoms with Gasteiger partial charge in [0.15, 0.2) is 0 Å². The molecular weight excluding hydrogens is 426 g/mol. The van der Waals surface area contributed by atoms with Crippen LogP contribution in [0.3, 0.4) is 0 Å². The molecule has 5 heteroatoms. The lowest BCUT2D eigenvalue weighted by Crippen LogP contribution is -2.45. The summed E-state index contributed by atoms with van der Waals surface area (Å²) in [7, 11) is 0. The van der Waals surface area contributed by atoms with Gasteiger partial charge in [-0.25, -0.2) is 0 Å². The van der Waals surface area contributed by atoms with Crippen molar-refractivity contribution in [3.05, 3.63) is 69.7 Å². The lowest BCUT2D eigenvalue weighted by atomic mass is 10.1. The quantitative estimate of drug-likeness (QED) is 0.684. The van der Waals surface area contributed by atoms with Crippen molar-refractivity contribution in [2.24, 2.45) is 5.92 Å². The molecule has 0 radical (unpaired) electrons. The van der Waals surface area contributed by atoms with Gasteiger partial charge in [-0.3, -0.25) is 9.69 Å². The lowest BCUT2D eigenvalue weighted by Gasteiger charge is -2.34. The SMILES string of the molecule is CCN1CCN(Cc2ccccc2CNC(=O)C2CC2c2cccc(Br)c2)CC1. The summed E-state index contributed by atoms with van der Waals surface area (Å²) in [4.78, 5) is 17.7. The molecule has 2 aromatic carbocycles. The molecule has 1 aliphatic heterocycles. The Balaban J connectivity index is 1.31. The molecule has 1 heterocycles. The number of piperazine rings is 1. The molecule has 1 saturated heterocycles. The third-order valence-electron chi connectivity index (χ3n) is 6.28. The van der Waals surface area contributed by atoms with Crippen LogP contribution in [0, 0.1) is 5.92 Å². The highest BCUT2D eigenvalue weighted by Crippen LogP contribution is 2.48. The molecule has 1 aliphatic carbocycles. The maximum absolute atomic E-state index is 12.7. The second-order valence-electron chi connectivity index (χ2n) is 8.20. The molecule has 2 unspecified atom stereocenters. The van der Waals surface area contributed by atoms with Gasteiger partial charge in [0, 0.05) is 49.7 Å². The van der Waals surface area contributed by atoms with Gasteiger partial charge >= 0.3 is 0 Å². The van der Waals surface area contributed by atoms with Gasteiger partial charge in [0.05, 0.1) is 0 Å². The van der Waals surface area contributed by atoms with E-state index >= 15 is 0 Å². The molecule has 0 spiro atoms. The molecule has 1 N–H and O–H groups in total. The number of nitrogens with zero attached hydrogens (tertiary/aromatic N) is 2. The second kappa shape index (κ2) is 9.41. The number of nitrogens with one attached hydrogen (secondary N) is 1. The van der Waals surface area contributed by atoms with E-state index in [0.29, 0.717) is 12.5 Å². The summed E-state index contributed by atoms with van der Waals surface area (Å²) in [6.07, 6.45) is 0.950. The molecule has 4 rings (SSSR count). The zero-order chi connectivity index (χ0) is 20.2. The Morgan fingerprint density at radius 3 is 2.48 bits per heavy atom. The number of amides is 1. The summed E-state index contributed by atoms with van der Waals surface area (Å²) in [6, 6.07) is 16.9. The number of carbonyl (C=O) groups excluding carboxylic acids is 1. The highest BCUT2D eigenvalue weighted by Gasteiger charge is 2.43. The number of likely N-dealkylation sites (N-methyl/N-ethyl adjacent to an activating group) is 1. The molecule has 29 heavy (non-hydrogen) atoms. The molecule has 2 fully saturated rings. The van der Waals surface area contributed by atoms with E-state index in [4.69, 9.17) is 0 Å². The normalized spacial score (nSPS) is 22.4. The standard InChI is InChI=1S/C24H30BrN3O/c1-2-27-10-12-28(13-11-27)17-20-7-4-3-6-19(20)16-26-24(29)23-15-22(23)18-8-5-9-21(25)14-18/h3-9,14,22-23H,2,10-13,15-17H2,1H3,(H,26,29). The van der Waals surface area contributed by atoms with Crippen molar-refractivity contribution < 1.29 is 4.79 Å². The summed E-state index contributed by atoms with van der Waals surface area (Å²) >= 11 is 3.53. The van der Waals surface area contributed by atoms with Gasteiger partial charge in [-0.05, 0) is 47.7 Å². The van der Waals surface area contributed by atoms with Gasteiger partial charge in [-0.1, -0.05) is 59.3 Å². The van der Waals surface area contributed by atoms with Crippen molar-refractivity contribution in [1.82, 2.24) is 15.1 Å². The van der Waals surface area contributed by atoms with Crippen LogP contribution in [0.1, 0.15) is 36.0 Å². The van der Waals surface area contributed by atoms with Crippen molar-refractivity contribution in [3.63, 3.8) is 0 Å². The first kappa shape index (κ1) is 20.6. The van der Waals surface area contributed by atoms with Crippen LogP contribution in [0.5, 0.6) is 0 Å². The van der Waals surface area contributed by atoms with Gasteiger partial charge in [-0.2, -0.15) is 0 Å². The minimum atomic E-state index is 0.110. The third-order valence-corrected chi connectivity index (χ3v) is 6.77. The Labute approximate surface area is 182 Å². The van der Waals surface area contributed by atoms with E-state index in [-0.39, 0.29) is 11.8 Å². The summed E-state index contributed by atoms with van der Waals surface area (Å²) in [5.74, 6) is 0.650. The van der Waals surface area contributed by atoms with Gasteiger partial charge in [0.1, 0.15) is 0 Å². The fraction of sp³-hybridized carbons (Fsp3) is 0.458. The molecule has 2 aliphatic rings. The van der Waals surface area contributed by atoms with E-state index in [1.54, 1.807) is 0 Å². The van der Waals surface area contributed by atoms with Gasteiger partial charge < -0.3 is 10.2 Å². The first-order chi connectivity index (χ1) is 14.1.